The summed E-state index contributed by atoms with van der Waals surface area (Å²) >= 11 is 0. The molecule has 2 aliphatic heterocycles. The smallest absolute Gasteiger partial charge is 0.236 e. The highest BCUT2D eigenvalue weighted by molar-refractivity contribution is 5.85. The van der Waals surface area contributed by atoms with E-state index in [0.29, 0.717) is 12.6 Å². The molecule has 0 bridgehead atoms. The maximum atomic E-state index is 12.4. The lowest BCUT2D eigenvalue weighted by Crippen LogP contribution is -2.52. The molecule has 1 N–H and O–H groups in total. The first-order valence-electron chi connectivity index (χ1n) is 7.42. The van der Waals surface area contributed by atoms with Crippen molar-refractivity contribution in [3.05, 3.63) is 0 Å². The molecule has 2 saturated heterocycles. The quantitative estimate of drug-likeness (QED) is 0.832. The average Bonchev–Trinajstić information content (AvgIpc) is 2.76. The van der Waals surface area contributed by atoms with Crippen LogP contribution in [0.15, 0.2) is 0 Å². The topological polar surface area (TPSA) is 44.8 Å². The highest BCUT2D eigenvalue weighted by atomic mass is 35.5. The molecule has 5 nitrogen and oxygen atoms in total. The van der Waals surface area contributed by atoms with Crippen LogP contribution in [-0.2, 0) is 9.53 Å². The van der Waals surface area contributed by atoms with Crippen LogP contribution in [0.1, 0.15) is 26.7 Å². The van der Waals surface area contributed by atoms with Crippen molar-refractivity contribution in [2.24, 2.45) is 0 Å². The summed E-state index contributed by atoms with van der Waals surface area (Å²) in [5, 5.41) is 3.22. The molecule has 118 valence electrons. The fourth-order valence-electron chi connectivity index (χ4n) is 3.23. The third-order valence-corrected chi connectivity index (χ3v) is 4.05. The highest BCUT2D eigenvalue weighted by Crippen LogP contribution is 2.17. The molecule has 0 aromatic rings. The van der Waals surface area contributed by atoms with Gasteiger partial charge in [-0.2, -0.15) is 0 Å². The van der Waals surface area contributed by atoms with Crippen LogP contribution in [0.5, 0.6) is 0 Å². The Morgan fingerprint density at radius 3 is 2.55 bits per heavy atom. The number of carbonyl (C=O) groups is 1. The van der Waals surface area contributed by atoms with Crippen LogP contribution in [0.25, 0.3) is 0 Å². The minimum Gasteiger partial charge on any atom is -0.372 e. The Bertz CT molecular complexity index is 307. The van der Waals surface area contributed by atoms with E-state index >= 15 is 0 Å². The van der Waals surface area contributed by atoms with E-state index in [1.807, 2.05) is 25.8 Å². The number of amides is 1. The molecule has 0 aliphatic carbocycles. The Kier molecular flexibility index (Phi) is 7.23. The second kappa shape index (κ2) is 8.17. The van der Waals surface area contributed by atoms with Gasteiger partial charge >= 0.3 is 0 Å². The summed E-state index contributed by atoms with van der Waals surface area (Å²) in [4.78, 5) is 16.7. The second-order valence-corrected chi connectivity index (χ2v) is 5.88. The van der Waals surface area contributed by atoms with Gasteiger partial charge in [0, 0.05) is 25.7 Å². The Hall–Kier alpha value is -0.360. The molecular weight excluding hydrogens is 278 g/mol. The first kappa shape index (κ1) is 17.7. The molecule has 2 rings (SSSR count). The molecule has 20 heavy (non-hydrogen) atoms. The normalized spacial score (nSPS) is 31.1. The van der Waals surface area contributed by atoms with Crippen LogP contribution in [0.4, 0.5) is 0 Å². The molecule has 3 atom stereocenters. The Balaban J connectivity index is 0.00000200. The fourth-order valence-corrected chi connectivity index (χ4v) is 3.23. The number of morpholine rings is 1. The number of hydrogen-bond acceptors (Lipinski definition) is 4. The minimum atomic E-state index is 0. The lowest BCUT2D eigenvalue weighted by molar-refractivity contribution is -0.144. The van der Waals surface area contributed by atoms with Crippen molar-refractivity contribution in [1.82, 2.24) is 15.1 Å². The van der Waals surface area contributed by atoms with Gasteiger partial charge in [0.25, 0.3) is 0 Å². The number of hydrogen-bond donors (Lipinski definition) is 1. The molecule has 3 unspecified atom stereocenters. The van der Waals surface area contributed by atoms with E-state index in [-0.39, 0.29) is 30.5 Å². The van der Waals surface area contributed by atoms with E-state index < -0.39 is 0 Å². The number of ether oxygens (including phenoxy) is 1. The van der Waals surface area contributed by atoms with E-state index in [1.165, 1.54) is 12.8 Å². The van der Waals surface area contributed by atoms with E-state index in [1.54, 1.807) is 0 Å². The average molecular weight is 306 g/mol. The number of rotatable bonds is 4. The van der Waals surface area contributed by atoms with Crippen LogP contribution in [0, 0.1) is 0 Å². The summed E-state index contributed by atoms with van der Waals surface area (Å²) in [5.41, 5.74) is 0. The Labute approximate surface area is 128 Å². The van der Waals surface area contributed by atoms with E-state index in [0.717, 1.165) is 26.2 Å². The lowest BCUT2D eigenvalue weighted by Gasteiger charge is -2.36. The zero-order valence-electron chi connectivity index (χ0n) is 12.8. The Morgan fingerprint density at radius 1 is 1.30 bits per heavy atom. The molecule has 1 amide bonds. The monoisotopic (exact) mass is 305 g/mol. The molecule has 0 aromatic carbocycles. The van der Waals surface area contributed by atoms with Crippen LogP contribution in [0.3, 0.4) is 0 Å². The molecular formula is C14H28ClN3O2. The molecule has 0 radical (unpaired) electrons. The predicted molar refractivity (Wildman–Crippen MR) is 82.4 cm³/mol. The fraction of sp³-hybridized carbons (Fsp3) is 0.929. The van der Waals surface area contributed by atoms with Gasteiger partial charge in [0.1, 0.15) is 0 Å². The minimum absolute atomic E-state index is 0. The maximum Gasteiger partial charge on any atom is 0.236 e. The summed E-state index contributed by atoms with van der Waals surface area (Å²) in [6.45, 7) is 8.12. The molecule has 2 fully saturated rings. The standard InChI is InChI=1S/C14H27N3O2.ClH/c1-11-8-17(9-12(2)19-11)14(18)10-16-6-4-5-13(16)7-15-3;/h11-13,15H,4-10H2,1-3H3;1H. The molecule has 6 heteroatoms. The van der Waals surface area contributed by atoms with Crippen molar-refractivity contribution in [2.45, 2.75) is 44.9 Å². The van der Waals surface area contributed by atoms with Crippen molar-refractivity contribution in [1.29, 1.82) is 0 Å². The first-order chi connectivity index (χ1) is 9.10. The number of halogens is 1. The third kappa shape index (κ3) is 4.58. The van der Waals surface area contributed by atoms with Gasteiger partial charge in [-0.15, -0.1) is 12.4 Å². The molecule has 2 heterocycles. The molecule has 0 saturated carbocycles. The van der Waals surface area contributed by atoms with Gasteiger partial charge in [0.2, 0.25) is 5.91 Å². The zero-order chi connectivity index (χ0) is 13.8. The van der Waals surface area contributed by atoms with Crippen LogP contribution in [0.2, 0.25) is 0 Å². The third-order valence-electron chi connectivity index (χ3n) is 4.05. The van der Waals surface area contributed by atoms with Gasteiger partial charge in [-0.05, 0) is 40.3 Å². The van der Waals surface area contributed by atoms with Gasteiger partial charge in [-0.3, -0.25) is 9.69 Å². The zero-order valence-corrected chi connectivity index (χ0v) is 13.6. The van der Waals surface area contributed by atoms with Gasteiger partial charge in [0.15, 0.2) is 0 Å². The molecule has 2 aliphatic rings. The van der Waals surface area contributed by atoms with Gasteiger partial charge in [-0.1, -0.05) is 0 Å². The molecule has 0 spiro atoms. The van der Waals surface area contributed by atoms with Crippen LogP contribution in [-0.4, -0.2) is 73.7 Å². The molecule has 0 aromatic heterocycles. The second-order valence-electron chi connectivity index (χ2n) is 5.88. The SMILES string of the molecule is CNCC1CCCN1CC(=O)N1CC(C)OC(C)C1.Cl. The lowest BCUT2D eigenvalue weighted by atomic mass is 10.2. The first-order valence-corrected chi connectivity index (χ1v) is 7.42. The largest absolute Gasteiger partial charge is 0.372 e. The van der Waals surface area contributed by atoms with Gasteiger partial charge in [0.05, 0.1) is 18.8 Å². The number of nitrogens with one attached hydrogen (secondary N) is 1. The van der Waals surface area contributed by atoms with Crippen molar-refractivity contribution in [3.63, 3.8) is 0 Å². The highest BCUT2D eigenvalue weighted by Gasteiger charge is 2.30. The van der Waals surface area contributed by atoms with Crippen LogP contribution < -0.4 is 5.32 Å². The van der Waals surface area contributed by atoms with Gasteiger partial charge in [-0.25, -0.2) is 0 Å². The van der Waals surface area contributed by atoms with Crippen molar-refractivity contribution in [2.75, 3.05) is 39.8 Å². The number of likely N-dealkylation sites (N-methyl/N-ethyl adjacent to an activating group) is 1. The van der Waals surface area contributed by atoms with E-state index in [4.69, 9.17) is 4.74 Å². The number of nitrogens with zero attached hydrogens (tertiary/aromatic N) is 2. The van der Waals surface area contributed by atoms with Gasteiger partial charge < -0.3 is 15.0 Å². The summed E-state index contributed by atoms with van der Waals surface area (Å²) < 4.78 is 5.68. The van der Waals surface area contributed by atoms with Crippen molar-refractivity contribution in [3.8, 4) is 0 Å². The number of carbonyl (C=O) groups excluding carboxylic acids is 1. The summed E-state index contributed by atoms with van der Waals surface area (Å²) in [6, 6.07) is 0.518. The van der Waals surface area contributed by atoms with Crippen molar-refractivity contribution >= 4 is 18.3 Å². The van der Waals surface area contributed by atoms with E-state index in [2.05, 4.69) is 10.2 Å². The van der Waals surface area contributed by atoms with Crippen molar-refractivity contribution < 1.29 is 9.53 Å². The summed E-state index contributed by atoms with van der Waals surface area (Å²) in [6.07, 6.45) is 2.71. The summed E-state index contributed by atoms with van der Waals surface area (Å²) in [5.74, 6) is 0.255. The maximum absolute atomic E-state index is 12.4. The number of likely N-dealkylation sites (tertiary alicyclic amines) is 1. The summed E-state index contributed by atoms with van der Waals surface area (Å²) in [7, 11) is 1.98. The predicted octanol–water partition coefficient (Wildman–Crippen LogP) is 0.728. The van der Waals surface area contributed by atoms with Crippen LogP contribution >= 0.6 is 12.4 Å². The van der Waals surface area contributed by atoms with E-state index in [9.17, 15) is 4.79 Å². The Morgan fingerprint density at radius 2 is 1.95 bits per heavy atom.